The van der Waals surface area contributed by atoms with Gasteiger partial charge in [-0.25, -0.2) is 0 Å². The van der Waals surface area contributed by atoms with Crippen LogP contribution >= 0.6 is 0 Å². The Morgan fingerprint density at radius 2 is 2.00 bits per heavy atom. The Labute approximate surface area is 90.3 Å². The van der Waals surface area contributed by atoms with Crippen LogP contribution in [0.3, 0.4) is 0 Å². The lowest BCUT2D eigenvalue weighted by molar-refractivity contribution is -0.145. The second-order valence-electron chi connectivity index (χ2n) is 4.14. The average Bonchev–Trinajstić information content (AvgIpc) is 2.78. The van der Waals surface area contributed by atoms with Crippen molar-refractivity contribution >= 4 is 5.97 Å². The van der Waals surface area contributed by atoms with E-state index in [2.05, 4.69) is 24.3 Å². The molecule has 0 aromatic heterocycles. The molecule has 0 unspecified atom stereocenters. The fraction of sp³-hybridized carbons (Fsp3) is 0.462. The number of ether oxygens (including phenoxy) is 1. The molecule has 0 bridgehead atoms. The van der Waals surface area contributed by atoms with E-state index in [4.69, 9.17) is 4.74 Å². The molecule has 15 heavy (non-hydrogen) atoms. The smallest absolute Gasteiger partial charge is 0.308 e. The van der Waals surface area contributed by atoms with Crippen LogP contribution in [0.5, 0.6) is 0 Å². The summed E-state index contributed by atoms with van der Waals surface area (Å²) in [6.07, 6.45) is 3.01. The molecule has 1 saturated carbocycles. The first kappa shape index (κ1) is 10.2. The van der Waals surface area contributed by atoms with Gasteiger partial charge in [-0.15, -0.1) is 0 Å². The third-order valence-corrected chi connectivity index (χ3v) is 3.24. The lowest BCUT2D eigenvalue weighted by Crippen LogP contribution is -2.12. The minimum absolute atomic E-state index is 0.0477. The van der Waals surface area contributed by atoms with Crippen LogP contribution in [0.25, 0.3) is 0 Å². The quantitative estimate of drug-likeness (QED) is 0.692. The van der Waals surface area contributed by atoms with Gasteiger partial charge in [-0.05, 0) is 30.7 Å². The monoisotopic (exact) mass is 204 g/mol. The SMILES string of the molecule is COC(=O)[C@H]1CC[C@H](c2ccccc2)C1. The Morgan fingerprint density at radius 1 is 1.27 bits per heavy atom. The zero-order chi connectivity index (χ0) is 10.7. The molecular formula is C13H16O2. The lowest BCUT2D eigenvalue weighted by atomic mass is 9.96. The average molecular weight is 204 g/mol. The number of rotatable bonds is 2. The zero-order valence-electron chi connectivity index (χ0n) is 8.98. The van der Waals surface area contributed by atoms with Crippen LogP contribution in [0.2, 0.25) is 0 Å². The summed E-state index contributed by atoms with van der Waals surface area (Å²) in [5.41, 5.74) is 1.35. The Bertz CT molecular complexity index is 332. The van der Waals surface area contributed by atoms with Crippen LogP contribution in [-0.4, -0.2) is 13.1 Å². The highest BCUT2D eigenvalue weighted by atomic mass is 16.5. The molecule has 2 atom stereocenters. The van der Waals surface area contributed by atoms with Crippen LogP contribution < -0.4 is 0 Å². The summed E-state index contributed by atoms with van der Waals surface area (Å²) < 4.78 is 4.78. The maximum absolute atomic E-state index is 11.4. The first-order valence-corrected chi connectivity index (χ1v) is 5.44. The van der Waals surface area contributed by atoms with Gasteiger partial charge >= 0.3 is 5.97 Å². The molecule has 0 aliphatic heterocycles. The van der Waals surface area contributed by atoms with Gasteiger partial charge in [0, 0.05) is 0 Å². The number of esters is 1. The van der Waals surface area contributed by atoms with Gasteiger partial charge in [0.1, 0.15) is 0 Å². The van der Waals surface area contributed by atoms with E-state index >= 15 is 0 Å². The number of hydrogen-bond donors (Lipinski definition) is 0. The van der Waals surface area contributed by atoms with E-state index in [1.807, 2.05) is 6.07 Å². The highest BCUT2D eigenvalue weighted by Crippen LogP contribution is 2.38. The molecule has 1 aliphatic carbocycles. The van der Waals surface area contributed by atoms with Crippen molar-refractivity contribution in [1.29, 1.82) is 0 Å². The molecule has 2 nitrogen and oxygen atoms in total. The topological polar surface area (TPSA) is 26.3 Å². The van der Waals surface area contributed by atoms with E-state index in [0.717, 1.165) is 19.3 Å². The highest BCUT2D eigenvalue weighted by Gasteiger charge is 2.31. The number of carbonyl (C=O) groups excluding carboxylic acids is 1. The van der Waals surface area contributed by atoms with Crippen molar-refractivity contribution in [2.24, 2.45) is 5.92 Å². The van der Waals surface area contributed by atoms with Gasteiger partial charge in [0.25, 0.3) is 0 Å². The van der Waals surface area contributed by atoms with Gasteiger partial charge in [0.2, 0.25) is 0 Å². The van der Waals surface area contributed by atoms with Gasteiger partial charge in [0.05, 0.1) is 13.0 Å². The first-order valence-electron chi connectivity index (χ1n) is 5.44. The van der Waals surface area contributed by atoms with Crippen molar-refractivity contribution in [2.45, 2.75) is 25.2 Å². The summed E-state index contributed by atoms with van der Waals surface area (Å²) >= 11 is 0. The number of hydrogen-bond acceptors (Lipinski definition) is 2. The largest absolute Gasteiger partial charge is 0.469 e. The Balaban J connectivity index is 2.02. The molecule has 0 N–H and O–H groups in total. The minimum atomic E-state index is -0.0477. The van der Waals surface area contributed by atoms with Crippen molar-refractivity contribution < 1.29 is 9.53 Å². The molecule has 1 aromatic rings. The molecule has 1 aromatic carbocycles. The normalized spacial score (nSPS) is 25.1. The van der Waals surface area contributed by atoms with E-state index in [0.29, 0.717) is 5.92 Å². The Hall–Kier alpha value is -1.31. The second kappa shape index (κ2) is 4.47. The first-order chi connectivity index (χ1) is 7.31. The van der Waals surface area contributed by atoms with Gasteiger partial charge in [-0.1, -0.05) is 30.3 Å². The molecule has 0 spiro atoms. The van der Waals surface area contributed by atoms with E-state index in [9.17, 15) is 4.79 Å². The zero-order valence-corrected chi connectivity index (χ0v) is 8.98. The molecule has 2 rings (SSSR count). The molecule has 80 valence electrons. The van der Waals surface area contributed by atoms with E-state index < -0.39 is 0 Å². The highest BCUT2D eigenvalue weighted by molar-refractivity contribution is 5.72. The van der Waals surface area contributed by atoms with Gasteiger partial charge in [0.15, 0.2) is 0 Å². The summed E-state index contributed by atoms with van der Waals surface area (Å²) in [6, 6.07) is 10.4. The fourth-order valence-electron chi connectivity index (χ4n) is 2.39. The molecule has 0 heterocycles. The van der Waals surface area contributed by atoms with Crippen LogP contribution in [0.1, 0.15) is 30.7 Å². The van der Waals surface area contributed by atoms with Crippen molar-refractivity contribution in [3.05, 3.63) is 35.9 Å². The molecule has 0 radical (unpaired) electrons. The maximum atomic E-state index is 11.4. The molecule has 2 heteroatoms. The van der Waals surface area contributed by atoms with Crippen LogP contribution in [0.15, 0.2) is 30.3 Å². The summed E-state index contributed by atoms with van der Waals surface area (Å²) in [5, 5.41) is 0. The van der Waals surface area contributed by atoms with Gasteiger partial charge < -0.3 is 4.74 Å². The molecule has 1 aliphatic rings. The van der Waals surface area contributed by atoms with Crippen molar-refractivity contribution in [1.82, 2.24) is 0 Å². The maximum Gasteiger partial charge on any atom is 0.308 e. The number of benzene rings is 1. The fourth-order valence-corrected chi connectivity index (χ4v) is 2.39. The van der Waals surface area contributed by atoms with Crippen LogP contribution in [-0.2, 0) is 9.53 Å². The summed E-state index contributed by atoms with van der Waals surface area (Å²) in [4.78, 5) is 11.4. The molecular weight excluding hydrogens is 188 g/mol. The molecule has 0 saturated heterocycles. The van der Waals surface area contributed by atoms with E-state index in [-0.39, 0.29) is 11.9 Å². The second-order valence-corrected chi connectivity index (χ2v) is 4.14. The van der Waals surface area contributed by atoms with Crippen LogP contribution in [0.4, 0.5) is 0 Å². The summed E-state index contributed by atoms with van der Waals surface area (Å²) in [7, 11) is 1.47. The summed E-state index contributed by atoms with van der Waals surface area (Å²) in [6.45, 7) is 0. The van der Waals surface area contributed by atoms with Crippen molar-refractivity contribution in [2.75, 3.05) is 7.11 Å². The third-order valence-electron chi connectivity index (χ3n) is 3.24. The van der Waals surface area contributed by atoms with Gasteiger partial charge in [-0.2, -0.15) is 0 Å². The molecule has 1 fully saturated rings. The summed E-state index contributed by atoms with van der Waals surface area (Å²) in [5.74, 6) is 0.601. The molecule has 0 amide bonds. The predicted octanol–water partition coefficient (Wildman–Crippen LogP) is 2.74. The predicted molar refractivity (Wildman–Crippen MR) is 58.5 cm³/mol. The standard InChI is InChI=1S/C13H16O2/c1-15-13(14)12-8-7-11(9-12)10-5-3-2-4-6-10/h2-6,11-12H,7-9H2,1H3/t11-,12-/m0/s1. The third kappa shape index (κ3) is 2.20. The number of methoxy groups -OCH3 is 1. The minimum Gasteiger partial charge on any atom is -0.469 e. The lowest BCUT2D eigenvalue weighted by Gasteiger charge is -2.10. The van der Waals surface area contributed by atoms with E-state index in [1.54, 1.807) is 0 Å². The van der Waals surface area contributed by atoms with Crippen LogP contribution in [0, 0.1) is 5.92 Å². The van der Waals surface area contributed by atoms with Crippen molar-refractivity contribution in [3.63, 3.8) is 0 Å². The van der Waals surface area contributed by atoms with E-state index in [1.165, 1.54) is 12.7 Å². The Kier molecular flexibility index (Phi) is 3.05. The van der Waals surface area contributed by atoms with Gasteiger partial charge in [-0.3, -0.25) is 4.79 Å². The van der Waals surface area contributed by atoms with Crippen molar-refractivity contribution in [3.8, 4) is 0 Å². The Morgan fingerprint density at radius 3 is 2.67 bits per heavy atom. The number of carbonyl (C=O) groups is 1.